The van der Waals surface area contributed by atoms with Crippen molar-refractivity contribution < 1.29 is 9.47 Å². The van der Waals surface area contributed by atoms with Gasteiger partial charge in [0.25, 0.3) is 0 Å². The van der Waals surface area contributed by atoms with Gasteiger partial charge >= 0.3 is 0 Å². The lowest BCUT2D eigenvalue weighted by Crippen LogP contribution is -2.25. The second-order valence-electron chi connectivity index (χ2n) is 11.5. The highest BCUT2D eigenvalue weighted by molar-refractivity contribution is 7.80. The second-order valence-corrected chi connectivity index (χ2v) is 12.9. The molecular formula is C33H45NO3S2. The molecule has 0 N–H and O–H groups in total. The molecule has 0 bridgehead atoms. The fraction of sp³-hybridized carbons (Fsp3) is 0.545. The zero-order valence-corrected chi connectivity index (χ0v) is 25.8. The van der Waals surface area contributed by atoms with Gasteiger partial charge in [0.05, 0.1) is 13.2 Å². The fourth-order valence-corrected chi connectivity index (χ4v) is 5.49. The van der Waals surface area contributed by atoms with Gasteiger partial charge in [-0.05, 0) is 73.6 Å². The molecule has 4 nitrogen and oxygen atoms in total. The van der Waals surface area contributed by atoms with E-state index in [1.54, 1.807) is 12.4 Å². The average molecular weight is 568 g/mol. The van der Waals surface area contributed by atoms with Crippen LogP contribution in [0.4, 0.5) is 0 Å². The normalized spacial score (nSPS) is 11.7. The maximum atomic E-state index is 12.6. The Balaban J connectivity index is 1.22. The molecule has 3 aromatic rings. The number of fused-ring (bicyclic) bond motifs is 1. The van der Waals surface area contributed by atoms with Crippen LogP contribution in [0, 0.1) is 11.3 Å². The Hall–Kier alpha value is -2.31. The van der Waals surface area contributed by atoms with Crippen LogP contribution in [0.25, 0.3) is 21.2 Å². The third-order valence-corrected chi connectivity index (χ3v) is 8.81. The molecule has 0 aliphatic rings. The van der Waals surface area contributed by atoms with Crippen LogP contribution in [0.15, 0.2) is 53.6 Å². The molecule has 212 valence electrons. The van der Waals surface area contributed by atoms with Gasteiger partial charge in [-0.15, -0.1) is 0 Å². The van der Waals surface area contributed by atoms with Crippen molar-refractivity contribution in [2.24, 2.45) is 11.3 Å². The van der Waals surface area contributed by atoms with Crippen molar-refractivity contribution in [1.82, 2.24) is 4.98 Å². The van der Waals surface area contributed by atoms with E-state index in [1.165, 1.54) is 56.3 Å². The Kier molecular flexibility index (Phi) is 12.9. The van der Waals surface area contributed by atoms with Crippen molar-refractivity contribution in [3.8, 4) is 16.9 Å². The zero-order chi connectivity index (χ0) is 28.1. The van der Waals surface area contributed by atoms with E-state index < -0.39 is 0 Å². The number of benzene rings is 1. The van der Waals surface area contributed by atoms with Crippen LogP contribution in [-0.4, -0.2) is 23.2 Å². The molecule has 39 heavy (non-hydrogen) atoms. The van der Waals surface area contributed by atoms with E-state index in [0.717, 1.165) is 58.9 Å². The third kappa shape index (κ3) is 10.6. The summed E-state index contributed by atoms with van der Waals surface area (Å²) >= 11 is 6.81. The molecule has 0 aliphatic heterocycles. The summed E-state index contributed by atoms with van der Waals surface area (Å²) in [6.07, 6.45) is 15.4. The summed E-state index contributed by atoms with van der Waals surface area (Å²) in [5.74, 6) is 1.55. The van der Waals surface area contributed by atoms with Gasteiger partial charge in [0, 0.05) is 33.5 Å². The van der Waals surface area contributed by atoms with Gasteiger partial charge < -0.3 is 9.47 Å². The smallest absolute Gasteiger partial charge is 0.240 e. The van der Waals surface area contributed by atoms with Gasteiger partial charge in [0.1, 0.15) is 5.75 Å². The van der Waals surface area contributed by atoms with E-state index in [1.807, 2.05) is 36.4 Å². The Bertz CT molecular complexity index is 1220. The molecule has 2 heterocycles. The number of nitrogens with zero attached hydrogens (tertiary/aromatic N) is 1. The highest BCUT2D eigenvalue weighted by Gasteiger charge is 2.25. The predicted octanol–water partition coefficient (Wildman–Crippen LogP) is 9.63. The number of rotatable bonds is 17. The Morgan fingerprint density at radius 1 is 0.949 bits per heavy atom. The summed E-state index contributed by atoms with van der Waals surface area (Å²) in [5.41, 5.74) is 1.61. The molecule has 0 saturated heterocycles. The maximum absolute atomic E-state index is 12.6. The van der Waals surface area contributed by atoms with Crippen LogP contribution in [0.5, 0.6) is 5.75 Å². The van der Waals surface area contributed by atoms with E-state index in [-0.39, 0.29) is 10.2 Å². The molecule has 0 aliphatic carbocycles. The minimum atomic E-state index is -0.00910. The molecule has 6 heteroatoms. The molecule has 0 spiro atoms. The summed E-state index contributed by atoms with van der Waals surface area (Å²) in [7, 11) is 0. The molecule has 0 amide bonds. The predicted molar refractivity (Wildman–Crippen MR) is 170 cm³/mol. The lowest BCUT2D eigenvalue weighted by atomic mass is 9.86. The van der Waals surface area contributed by atoms with Crippen molar-refractivity contribution in [2.75, 3.05) is 13.2 Å². The molecule has 1 aromatic carbocycles. The van der Waals surface area contributed by atoms with E-state index in [4.69, 9.17) is 21.7 Å². The molecule has 0 unspecified atom stereocenters. The summed E-state index contributed by atoms with van der Waals surface area (Å²) in [4.78, 5) is 16.7. The van der Waals surface area contributed by atoms with Gasteiger partial charge in [-0.2, -0.15) is 0 Å². The number of pyridine rings is 1. The van der Waals surface area contributed by atoms with Crippen molar-refractivity contribution >= 4 is 38.7 Å². The molecule has 2 aromatic heterocycles. The molecule has 0 atom stereocenters. The fourth-order valence-electron chi connectivity index (χ4n) is 4.46. The minimum absolute atomic E-state index is 0.00910. The number of ether oxygens (including phenoxy) is 2. The first kappa shape index (κ1) is 31.2. The van der Waals surface area contributed by atoms with E-state index in [0.29, 0.717) is 11.5 Å². The first-order chi connectivity index (χ1) is 18.8. The van der Waals surface area contributed by atoms with Crippen LogP contribution >= 0.6 is 23.6 Å². The summed E-state index contributed by atoms with van der Waals surface area (Å²) in [6, 6.07) is 11.6. The highest BCUT2D eigenvalue weighted by Crippen LogP contribution is 2.28. The Labute approximate surface area is 244 Å². The van der Waals surface area contributed by atoms with Crippen molar-refractivity contribution in [1.29, 1.82) is 0 Å². The Morgan fingerprint density at radius 2 is 1.59 bits per heavy atom. The zero-order valence-electron chi connectivity index (χ0n) is 24.2. The van der Waals surface area contributed by atoms with Crippen LogP contribution < -0.4 is 9.48 Å². The summed E-state index contributed by atoms with van der Waals surface area (Å²) < 4.78 is 12.9. The van der Waals surface area contributed by atoms with Crippen LogP contribution in [0.3, 0.4) is 0 Å². The molecule has 0 radical (unpaired) electrons. The first-order valence-corrected chi connectivity index (χ1v) is 15.8. The van der Waals surface area contributed by atoms with Gasteiger partial charge in [-0.3, -0.25) is 9.78 Å². The Morgan fingerprint density at radius 3 is 2.26 bits per heavy atom. The summed E-state index contributed by atoms with van der Waals surface area (Å²) in [5, 5.41) is 1.77. The van der Waals surface area contributed by atoms with Gasteiger partial charge in [0.2, 0.25) is 4.74 Å². The molecule has 3 rings (SSSR count). The number of unbranched alkanes of at least 4 members (excludes halogenated alkanes) is 7. The largest absolute Gasteiger partial charge is 0.494 e. The molecule has 0 fully saturated rings. The molecule has 0 saturated carbocycles. The third-order valence-electron chi connectivity index (χ3n) is 7.14. The number of hydrogen-bond donors (Lipinski definition) is 0. The lowest BCUT2D eigenvalue weighted by Gasteiger charge is -2.26. The molecular weight excluding hydrogens is 523 g/mol. The second kappa shape index (κ2) is 16.1. The summed E-state index contributed by atoms with van der Waals surface area (Å²) in [6.45, 7) is 10.4. The quantitative estimate of drug-likeness (QED) is 0.120. The highest BCUT2D eigenvalue weighted by atomic mass is 32.1. The monoisotopic (exact) mass is 567 g/mol. The van der Waals surface area contributed by atoms with E-state index in [9.17, 15) is 4.79 Å². The van der Waals surface area contributed by atoms with Crippen molar-refractivity contribution in [3.63, 3.8) is 0 Å². The van der Waals surface area contributed by atoms with Gasteiger partial charge in [-0.25, -0.2) is 0 Å². The standard InChI is InChI=1S/C33H45NO3S2/c1-25(2)17-19-33(3,4)32(38)37-22-12-10-8-6-5-7-9-11-21-36-28-15-13-26(14-16-28)29-23-27-24-34-20-18-30(27)39-31(29)35/h13-16,18,20,23-25H,5-12,17,19,21-22H2,1-4H3. The topological polar surface area (TPSA) is 48.4 Å². The number of hydrogen-bond acceptors (Lipinski definition) is 6. The minimum Gasteiger partial charge on any atom is -0.494 e. The van der Waals surface area contributed by atoms with Crippen LogP contribution in [0.1, 0.15) is 91.9 Å². The van der Waals surface area contributed by atoms with E-state index >= 15 is 0 Å². The van der Waals surface area contributed by atoms with Crippen molar-refractivity contribution in [2.45, 2.75) is 91.9 Å². The SMILES string of the molecule is CC(C)CCC(C)(C)C(=S)OCCCCCCCCCCOc1ccc(-c2cc3cnccc3sc2=O)cc1. The lowest BCUT2D eigenvalue weighted by molar-refractivity contribution is 0.247. The van der Waals surface area contributed by atoms with Gasteiger partial charge in [0.15, 0.2) is 5.05 Å². The van der Waals surface area contributed by atoms with Crippen LogP contribution in [-0.2, 0) is 4.74 Å². The van der Waals surface area contributed by atoms with Crippen molar-refractivity contribution in [3.05, 3.63) is 58.3 Å². The maximum Gasteiger partial charge on any atom is 0.240 e. The first-order valence-electron chi connectivity index (χ1n) is 14.5. The average Bonchev–Trinajstić information content (AvgIpc) is 2.92. The number of aromatic nitrogens is 1. The van der Waals surface area contributed by atoms with E-state index in [2.05, 4.69) is 32.7 Å². The van der Waals surface area contributed by atoms with Gasteiger partial charge in [-0.1, -0.05) is 89.7 Å². The van der Waals surface area contributed by atoms with Crippen LogP contribution in [0.2, 0.25) is 0 Å². The number of thiocarbonyl (C=S) groups is 1.